The lowest BCUT2D eigenvalue weighted by Crippen LogP contribution is -2.06. The SMILES string of the molecule is Cc1ccc(-n2cnc(=O)[nH]2)nn1. The zero-order chi connectivity index (χ0) is 9.26. The standard InChI is InChI=1S/C7H7N5O/c1-5-2-3-6(10-9-5)12-4-8-7(13)11-12/h2-4H,1H3,(H,11,13). The first-order valence-corrected chi connectivity index (χ1v) is 3.70. The van der Waals surface area contributed by atoms with Crippen LogP contribution in [0, 0.1) is 6.92 Å². The Balaban J connectivity index is 2.47. The van der Waals surface area contributed by atoms with Crippen molar-refractivity contribution in [3.05, 3.63) is 34.6 Å². The molecule has 6 nitrogen and oxygen atoms in total. The van der Waals surface area contributed by atoms with Crippen molar-refractivity contribution in [3.8, 4) is 5.82 Å². The first-order chi connectivity index (χ1) is 6.25. The highest BCUT2D eigenvalue weighted by atomic mass is 16.1. The number of nitrogens with zero attached hydrogens (tertiary/aromatic N) is 4. The second-order valence-corrected chi connectivity index (χ2v) is 2.56. The van der Waals surface area contributed by atoms with Gasteiger partial charge in [-0.05, 0) is 19.1 Å². The van der Waals surface area contributed by atoms with E-state index in [1.165, 1.54) is 11.0 Å². The van der Waals surface area contributed by atoms with Gasteiger partial charge in [-0.1, -0.05) is 0 Å². The van der Waals surface area contributed by atoms with Crippen LogP contribution in [0.25, 0.3) is 5.82 Å². The third-order valence-corrected chi connectivity index (χ3v) is 1.54. The number of nitrogens with one attached hydrogen (secondary N) is 1. The van der Waals surface area contributed by atoms with Crippen LogP contribution in [-0.2, 0) is 0 Å². The Labute approximate surface area is 73.2 Å². The molecule has 0 amide bonds. The molecule has 6 heteroatoms. The lowest BCUT2D eigenvalue weighted by molar-refractivity contribution is 0.796. The minimum atomic E-state index is -0.401. The van der Waals surface area contributed by atoms with Crippen LogP contribution in [0.1, 0.15) is 5.69 Å². The number of H-pyrrole nitrogens is 1. The molecule has 2 aromatic heterocycles. The maximum atomic E-state index is 10.7. The molecule has 0 aromatic carbocycles. The van der Waals surface area contributed by atoms with Crippen molar-refractivity contribution >= 4 is 0 Å². The summed E-state index contributed by atoms with van der Waals surface area (Å²) in [6, 6.07) is 3.56. The van der Waals surface area contributed by atoms with E-state index in [0.29, 0.717) is 5.82 Å². The molecule has 2 heterocycles. The molecule has 0 unspecified atom stereocenters. The van der Waals surface area contributed by atoms with E-state index in [1.807, 2.05) is 6.92 Å². The van der Waals surface area contributed by atoms with Crippen molar-refractivity contribution in [2.24, 2.45) is 0 Å². The molecule has 0 saturated carbocycles. The number of hydrogen-bond donors (Lipinski definition) is 1. The fourth-order valence-corrected chi connectivity index (χ4v) is 0.908. The molecule has 2 rings (SSSR count). The van der Waals surface area contributed by atoms with Gasteiger partial charge in [0.05, 0.1) is 5.69 Å². The van der Waals surface area contributed by atoms with Crippen LogP contribution in [0.2, 0.25) is 0 Å². The van der Waals surface area contributed by atoms with Gasteiger partial charge in [-0.2, -0.15) is 10.1 Å². The highest BCUT2D eigenvalue weighted by Gasteiger charge is 1.98. The highest BCUT2D eigenvalue weighted by Crippen LogP contribution is 1.97. The monoisotopic (exact) mass is 177 g/mol. The Hall–Kier alpha value is -1.98. The summed E-state index contributed by atoms with van der Waals surface area (Å²) < 4.78 is 1.41. The molecule has 0 spiro atoms. The maximum Gasteiger partial charge on any atom is 0.361 e. The van der Waals surface area contributed by atoms with Crippen LogP contribution in [-0.4, -0.2) is 25.0 Å². The van der Waals surface area contributed by atoms with Crippen LogP contribution in [0.5, 0.6) is 0 Å². The molecule has 1 N–H and O–H groups in total. The molecule has 0 fully saturated rings. The van der Waals surface area contributed by atoms with E-state index in [-0.39, 0.29) is 0 Å². The topological polar surface area (TPSA) is 76.5 Å². The summed E-state index contributed by atoms with van der Waals surface area (Å²) in [5, 5.41) is 10.2. The van der Waals surface area contributed by atoms with E-state index in [2.05, 4.69) is 20.3 Å². The fraction of sp³-hybridized carbons (Fsp3) is 0.143. The zero-order valence-electron chi connectivity index (χ0n) is 6.93. The molecule has 66 valence electrons. The minimum Gasteiger partial charge on any atom is -0.244 e. The third kappa shape index (κ3) is 1.46. The van der Waals surface area contributed by atoms with Crippen molar-refractivity contribution in [1.82, 2.24) is 25.0 Å². The number of aromatic nitrogens is 5. The normalized spacial score (nSPS) is 10.2. The van der Waals surface area contributed by atoms with Crippen LogP contribution < -0.4 is 5.69 Å². The van der Waals surface area contributed by atoms with Gasteiger partial charge in [-0.15, -0.1) is 5.10 Å². The Kier molecular flexibility index (Phi) is 1.66. The van der Waals surface area contributed by atoms with Crippen molar-refractivity contribution < 1.29 is 0 Å². The largest absolute Gasteiger partial charge is 0.361 e. The van der Waals surface area contributed by atoms with Crippen LogP contribution in [0.15, 0.2) is 23.3 Å². The first kappa shape index (κ1) is 7.66. The smallest absolute Gasteiger partial charge is 0.244 e. The Morgan fingerprint density at radius 2 is 2.23 bits per heavy atom. The maximum absolute atomic E-state index is 10.7. The Morgan fingerprint density at radius 3 is 2.77 bits per heavy atom. The van der Waals surface area contributed by atoms with Crippen molar-refractivity contribution in [2.45, 2.75) is 6.92 Å². The van der Waals surface area contributed by atoms with Gasteiger partial charge in [0.25, 0.3) is 0 Å². The molecule has 0 saturated heterocycles. The quantitative estimate of drug-likeness (QED) is 0.646. The molecule has 0 radical (unpaired) electrons. The van der Waals surface area contributed by atoms with Gasteiger partial charge in [0.2, 0.25) is 0 Å². The van der Waals surface area contributed by atoms with Gasteiger partial charge in [0.15, 0.2) is 5.82 Å². The average Bonchev–Trinajstić information content (AvgIpc) is 2.53. The summed E-state index contributed by atoms with van der Waals surface area (Å²) in [5.74, 6) is 0.542. The number of hydrogen-bond acceptors (Lipinski definition) is 4. The summed E-state index contributed by atoms with van der Waals surface area (Å²) in [7, 11) is 0. The average molecular weight is 177 g/mol. The predicted molar refractivity (Wildman–Crippen MR) is 44.5 cm³/mol. The molecule has 2 aromatic rings. The number of rotatable bonds is 1. The summed E-state index contributed by atoms with van der Waals surface area (Å²) in [4.78, 5) is 14.2. The lowest BCUT2D eigenvalue weighted by Gasteiger charge is -1.97. The molecule has 0 aliphatic heterocycles. The van der Waals surface area contributed by atoms with Gasteiger partial charge >= 0.3 is 5.69 Å². The number of aryl methyl sites for hydroxylation is 1. The minimum absolute atomic E-state index is 0.401. The summed E-state index contributed by atoms with van der Waals surface area (Å²) in [6.45, 7) is 1.84. The molecule has 0 atom stereocenters. The molecular weight excluding hydrogens is 170 g/mol. The van der Waals surface area contributed by atoms with E-state index in [9.17, 15) is 4.79 Å². The molecule has 0 aliphatic carbocycles. The summed E-state index contributed by atoms with van der Waals surface area (Å²) >= 11 is 0. The summed E-state index contributed by atoms with van der Waals surface area (Å²) in [6.07, 6.45) is 1.36. The third-order valence-electron chi connectivity index (χ3n) is 1.54. The molecular formula is C7H7N5O. The Bertz CT molecular complexity index is 454. The van der Waals surface area contributed by atoms with Crippen LogP contribution in [0.4, 0.5) is 0 Å². The Morgan fingerprint density at radius 1 is 1.38 bits per heavy atom. The van der Waals surface area contributed by atoms with Crippen LogP contribution in [0.3, 0.4) is 0 Å². The van der Waals surface area contributed by atoms with E-state index in [4.69, 9.17) is 0 Å². The first-order valence-electron chi connectivity index (χ1n) is 3.70. The van der Waals surface area contributed by atoms with Gasteiger partial charge in [0, 0.05) is 0 Å². The molecule has 13 heavy (non-hydrogen) atoms. The van der Waals surface area contributed by atoms with Gasteiger partial charge in [-0.3, -0.25) is 0 Å². The summed E-state index contributed by atoms with van der Waals surface area (Å²) in [5.41, 5.74) is 0.425. The highest BCUT2D eigenvalue weighted by molar-refractivity contribution is 5.18. The van der Waals surface area contributed by atoms with Crippen LogP contribution >= 0.6 is 0 Å². The van der Waals surface area contributed by atoms with Gasteiger partial charge in [0.1, 0.15) is 6.33 Å². The van der Waals surface area contributed by atoms with E-state index in [0.717, 1.165) is 5.69 Å². The zero-order valence-corrected chi connectivity index (χ0v) is 6.93. The second-order valence-electron chi connectivity index (χ2n) is 2.56. The predicted octanol–water partition coefficient (Wildman–Crippen LogP) is -0.341. The van der Waals surface area contributed by atoms with E-state index in [1.54, 1.807) is 12.1 Å². The van der Waals surface area contributed by atoms with Gasteiger partial charge < -0.3 is 0 Å². The molecule has 0 bridgehead atoms. The second kappa shape index (κ2) is 2.81. The lowest BCUT2D eigenvalue weighted by atomic mass is 10.4. The number of aromatic amines is 1. The van der Waals surface area contributed by atoms with Crippen molar-refractivity contribution in [2.75, 3.05) is 0 Å². The van der Waals surface area contributed by atoms with Crippen molar-refractivity contribution in [1.29, 1.82) is 0 Å². The van der Waals surface area contributed by atoms with Gasteiger partial charge in [-0.25, -0.2) is 14.6 Å². The van der Waals surface area contributed by atoms with E-state index < -0.39 is 5.69 Å². The van der Waals surface area contributed by atoms with Crippen molar-refractivity contribution in [3.63, 3.8) is 0 Å². The van der Waals surface area contributed by atoms with E-state index >= 15 is 0 Å². The molecule has 0 aliphatic rings. The fourth-order valence-electron chi connectivity index (χ4n) is 0.908.